The minimum atomic E-state index is -0.333. The van der Waals surface area contributed by atoms with Gasteiger partial charge in [-0.1, -0.05) is 60.7 Å². The first kappa shape index (κ1) is 46.3. The molecule has 0 saturated carbocycles. The first-order valence-corrected chi connectivity index (χ1v) is 13.2. The number of thiocarbonyl (C=S) groups is 1. The zero-order chi connectivity index (χ0) is 26.9. The summed E-state index contributed by atoms with van der Waals surface area (Å²) < 4.78 is 8.44. The molecule has 0 aromatic heterocycles. The summed E-state index contributed by atoms with van der Waals surface area (Å²) in [6.07, 6.45) is 1.91. The first-order valence-electron chi connectivity index (χ1n) is 10.5. The van der Waals surface area contributed by atoms with E-state index in [4.69, 9.17) is 31.7 Å². The van der Waals surface area contributed by atoms with Gasteiger partial charge in [-0.2, -0.15) is 4.99 Å². The van der Waals surface area contributed by atoms with Gasteiger partial charge in [-0.25, -0.2) is 0 Å². The number of aliphatic imine (C=N–C) groups is 2. The number of guanidine groups is 3. The van der Waals surface area contributed by atoms with Gasteiger partial charge in [-0.05, 0) is 36.2 Å². The Labute approximate surface area is 280 Å². The number of hydrogen-bond donors (Lipinski definition) is 8. The van der Waals surface area contributed by atoms with Crippen LogP contribution in [-0.4, -0.2) is 50.2 Å². The van der Waals surface area contributed by atoms with Crippen molar-refractivity contribution >= 4 is 60.0 Å². The molecule has 0 bridgehead atoms. The van der Waals surface area contributed by atoms with Crippen LogP contribution in [0.15, 0.2) is 70.6 Å². The zero-order valence-electron chi connectivity index (χ0n) is 21.9. The number of nitrogens with one attached hydrogen (secondary N) is 4. The molecule has 0 fully saturated rings. The van der Waals surface area contributed by atoms with Crippen molar-refractivity contribution in [1.82, 2.24) is 16.0 Å². The maximum absolute atomic E-state index is 8.44. The second-order valence-corrected chi connectivity index (χ2v) is 6.85. The number of rotatable bonds is 6. The van der Waals surface area contributed by atoms with Gasteiger partial charge in [0.1, 0.15) is 0 Å². The molecule has 206 valence electrons. The van der Waals surface area contributed by atoms with Crippen LogP contribution in [0.4, 0.5) is 0 Å². The molecular formula is C22H38Cl2Hg2N10OS. The van der Waals surface area contributed by atoms with E-state index < -0.39 is 0 Å². The van der Waals surface area contributed by atoms with Gasteiger partial charge in [0.15, 0.2) is 17.0 Å². The van der Waals surface area contributed by atoms with Crippen LogP contribution < -0.4 is 38.9 Å². The molecule has 2 rings (SSSR count). The Morgan fingerprint density at radius 1 is 0.868 bits per heavy atom. The molecule has 0 atom stereocenters. The molecule has 0 unspecified atom stereocenters. The Morgan fingerprint density at radius 3 is 1.55 bits per heavy atom. The van der Waals surface area contributed by atoms with E-state index in [0.717, 1.165) is 25.9 Å². The summed E-state index contributed by atoms with van der Waals surface area (Å²) >= 11 is 4.73. The monoisotopic (exact) mass is 964 g/mol. The van der Waals surface area contributed by atoms with Crippen LogP contribution in [0.25, 0.3) is 0 Å². The fraction of sp³-hybridized carbons (Fsp3) is 0.273. The molecule has 0 spiro atoms. The van der Waals surface area contributed by atoms with Gasteiger partial charge >= 0.3 is 28.8 Å². The molecule has 0 amide bonds. The Balaban J connectivity index is -0.000000150. The van der Waals surface area contributed by atoms with Crippen molar-refractivity contribution in [3.05, 3.63) is 71.8 Å². The van der Waals surface area contributed by atoms with Gasteiger partial charge in [0.05, 0.1) is 0 Å². The molecule has 2 aromatic carbocycles. The zero-order valence-corrected chi connectivity index (χ0v) is 35.3. The topological polar surface area (TPSA) is 206 Å². The normalized spacial score (nSPS) is 8.58. The van der Waals surface area contributed by atoms with Crippen molar-refractivity contribution in [1.29, 1.82) is 5.41 Å². The summed E-state index contributed by atoms with van der Waals surface area (Å²) in [5, 5.41) is 15.8. The fourth-order valence-corrected chi connectivity index (χ4v) is 2.41. The van der Waals surface area contributed by atoms with E-state index in [1.54, 1.807) is 7.05 Å². The van der Waals surface area contributed by atoms with E-state index in [1.165, 1.54) is 11.1 Å². The molecular weight excluding hydrogens is 924 g/mol. The summed E-state index contributed by atoms with van der Waals surface area (Å²) in [5.41, 5.74) is 22.0. The van der Waals surface area contributed by atoms with Crippen LogP contribution in [0.1, 0.15) is 11.1 Å². The first-order chi connectivity index (χ1) is 16.8. The Morgan fingerprint density at radius 2 is 1.24 bits per heavy atom. The number of halogens is 2. The SMILES string of the molecule is CN=C(N=C(N)N)NCCc1ccccc1.CNC(=S)NCCc1ccccc1.Cl.Cl.N=C(N)N.[Hg].[O]=[Hg]. The quantitative estimate of drug-likeness (QED) is 0.0898. The third kappa shape index (κ3) is 32.4. The average molecular weight is 963 g/mol. The van der Waals surface area contributed by atoms with Crippen LogP contribution in [0, 0.1) is 5.41 Å². The van der Waals surface area contributed by atoms with Gasteiger partial charge < -0.3 is 38.9 Å². The number of nitrogens with zero attached hydrogens (tertiary/aromatic N) is 2. The van der Waals surface area contributed by atoms with Crippen molar-refractivity contribution in [2.24, 2.45) is 32.9 Å². The van der Waals surface area contributed by atoms with E-state index in [9.17, 15) is 0 Å². The molecule has 0 radical (unpaired) electrons. The van der Waals surface area contributed by atoms with E-state index in [0.29, 0.717) is 11.1 Å². The van der Waals surface area contributed by atoms with Crippen LogP contribution in [0.3, 0.4) is 0 Å². The van der Waals surface area contributed by atoms with Crippen molar-refractivity contribution in [3.63, 3.8) is 0 Å². The van der Waals surface area contributed by atoms with Crippen LogP contribution in [0.2, 0.25) is 0 Å². The van der Waals surface area contributed by atoms with Crippen molar-refractivity contribution in [3.8, 4) is 0 Å². The van der Waals surface area contributed by atoms with Gasteiger partial charge in [-0.15, -0.1) is 24.8 Å². The third-order valence-corrected chi connectivity index (χ3v) is 4.10. The summed E-state index contributed by atoms with van der Waals surface area (Å²) in [6, 6.07) is 20.5. The molecule has 0 heterocycles. The summed E-state index contributed by atoms with van der Waals surface area (Å²) in [5.74, 6) is 0.128. The number of hydrogen-bond acceptors (Lipinski definition) is 4. The van der Waals surface area contributed by atoms with E-state index in [-0.39, 0.29) is 90.5 Å². The van der Waals surface area contributed by atoms with Crippen molar-refractivity contribution < 1.29 is 56.4 Å². The van der Waals surface area contributed by atoms with Crippen LogP contribution in [0.5, 0.6) is 0 Å². The second kappa shape index (κ2) is 33.4. The van der Waals surface area contributed by atoms with E-state index in [2.05, 4.69) is 61.7 Å². The molecule has 11 nitrogen and oxygen atoms in total. The van der Waals surface area contributed by atoms with Gasteiger partial charge in [0.25, 0.3) is 0 Å². The maximum atomic E-state index is 8.44. The predicted octanol–water partition coefficient (Wildman–Crippen LogP) is 0.959. The Hall–Kier alpha value is -1.61. The van der Waals surface area contributed by atoms with Crippen molar-refractivity contribution in [2.45, 2.75) is 12.8 Å². The fourth-order valence-electron chi connectivity index (χ4n) is 2.31. The molecule has 38 heavy (non-hydrogen) atoms. The summed E-state index contributed by atoms with van der Waals surface area (Å²) in [4.78, 5) is 7.76. The standard InChI is InChI=1S/C11H17N5.C10H14N2S.CH5N3.2ClH.2Hg.O/c1-14-11(16-10(12)13)15-8-7-9-5-3-2-4-6-9;1-11-10(13)12-8-7-9-5-3-2-4-6-9;2-1(3)4;;;;;/h2-6H,7-8H2,1H3,(H5,12,13,14,15,16);2-6H,7-8H2,1H3,(H2,11,12,13);(H5,2,3,4);2*1H;;;. The molecule has 16 heteroatoms. The second-order valence-electron chi connectivity index (χ2n) is 6.44. The van der Waals surface area contributed by atoms with Crippen LogP contribution in [-0.2, 0) is 69.3 Å². The Kier molecular flexibility index (Phi) is 40.7. The summed E-state index contributed by atoms with van der Waals surface area (Å²) in [6.45, 7) is 1.62. The van der Waals surface area contributed by atoms with E-state index in [1.807, 2.05) is 43.4 Å². The molecule has 12 N–H and O–H groups in total. The molecule has 0 aliphatic heterocycles. The van der Waals surface area contributed by atoms with Gasteiger partial charge in [0.2, 0.25) is 5.96 Å². The van der Waals surface area contributed by atoms with Crippen LogP contribution >= 0.6 is 37.0 Å². The molecule has 0 saturated heterocycles. The predicted molar refractivity (Wildman–Crippen MR) is 158 cm³/mol. The van der Waals surface area contributed by atoms with Gasteiger partial charge in [-0.3, -0.25) is 10.4 Å². The Bertz CT molecular complexity index is 890. The number of nitrogens with two attached hydrogens (primary N) is 4. The van der Waals surface area contributed by atoms with E-state index >= 15 is 0 Å². The minimum absolute atomic E-state index is 0. The van der Waals surface area contributed by atoms with Crippen molar-refractivity contribution in [2.75, 3.05) is 27.2 Å². The van der Waals surface area contributed by atoms with Gasteiger partial charge in [0, 0.05) is 54.9 Å². The molecule has 0 aliphatic carbocycles. The molecule has 2 aromatic rings. The third-order valence-electron chi connectivity index (χ3n) is 3.76. The average Bonchev–Trinajstić information content (AvgIpc) is 2.85. The molecule has 0 aliphatic rings. The number of benzene rings is 2. The summed E-state index contributed by atoms with van der Waals surface area (Å²) in [7, 11) is 3.45.